The zero-order valence-electron chi connectivity index (χ0n) is 6.91. The smallest absolute Gasteiger partial charge is 0.0679 e. The fraction of sp³-hybridized carbons (Fsp3) is 0.222. The van der Waals surface area contributed by atoms with Gasteiger partial charge in [0.2, 0.25) is 0 Å². The molecule has 1 N–H and O–H groups in total. The van der Waals surface area contributed by atoms with Crippen molar-refractivity contribution in [1.29, 1.82) is 0 Å². The molecule has 12 heavy (non-hydrogen) atoms. The highest BCUT2D eigenvalue weighted by Gasteiger charge is 1.97. The summed E-state index contributed by atoms with van der Waals surface area (Å²) in [6.45, 7) is 0.338. The number of hydrogen-bond acceptors (Lipinski definition) is 1. The van der Waals surface area contributed by atoms with Crippen molar-refractivity contribution in [3.05, 3.63) is 35.7 Å². The minimum atomic E-state index is 0.338. The van der Waals surface area contributed by atoms with Crippen molar-refractivity contribution in [3.8, 4) is 0 Å². The second kappa shape index (κ2) is 2.60. The fourth-order valence-electron chi connectivity index (χ4n) is 1.32. The molecule has 0 bridgehead atoms. The third kappa shape index (κ3) is 0.987. The summed E-state index contributed by atoms with van der Waals surface area (Å²) in [5.41, 5.74) is 9.35. The Balaban J connectivity index is 2.69. The van der Waals surface area contributed by atoms with Gasteiger partial charge in [0, 0.05) is 12.4 Å². The second-order valence-electron chi connectivity index (χ2n) is 2.84. The molecule has 0 spiro atoms. The zero-order chi connectivity index (χ0) is 8.55. The summed E-state index contributed by atoms with van der Waals surface area (Å²) < 4.78 is 1.84. The Labute approximate surface area is 70.8 Å². The molecule has 0 unspecified atom stereocenters. The van der Waals surface area contributed by atoms with Gasteiger partial charge in [0.25, 0.3) is 0 Å². The van der Waals surface area contributed by atoms with E-state index >= 15 is 0 Å². The van der Waals surface area contributed by atoms with Gasteiger partial charge in [-0.1, -0.05) is 11.6 Å². The largest absolute Gasteiger partial charge is 0.674 e. The van der Waals surface area contributed by atoms with Crippen LogP contribution >= 0.6 is 0 Å². The quantitative estimate of drug-likeness (QED) is 0.630. The molecule has 2 aromatic rings. The van der Waals surface area contributed by atoms with E-state index in [4.69, 9.17) is 5.73 Å². The molecule has 62 valence electrons. The lowest BCUT2D eigenvalue weighted by molar-refractivity contribution is 0.797. The summed E-state index contributed by atoms with van der Waals surface area (Å²) in [4.78, 5) is 0. The summed E-state index contributed by atoms with van der Waals surface area (Å²) >= 11 is 0. The average Bonchev–Trinajstić information content (AvgIpc) is 2.47. The molecule has 0 aliphatic carbocycles. The van der Waals surface area contributed by atoms with E-state index in [2.05, 4.69) is 5.10 Å². The van der Waals surface area contributed by atoms with Gasteiger partial charge in [0.1, 0.15) is 0 Å². The Bertz CT molecular complexity index is 403. The summed E-state index contributed by atoms with van der Waals surface area (Å²) in [6.07, 6.45) is 1.83. The van der Waals surface area contributed by atoms with Crippen molar-refractivity contribution in [1.82, 2.24) is 9.78 Å². The third-order valence-electron chi connectivity index (χ3n) is 2.01. The van der Waals surface area contributed by atoms with Crippen LogP contribution in [0.4, 0.5) is 0 Å². The third-order valence-corrected chi connectivity index (χ3v) is 2.01. The zero-order valence-corrected chi connectivity index (χ0v) is 6.91. The number of aryl methyl sites for hydroxylation is 1. The minimum Gasteiger partial charge on any atom is -0.674 e. The first-order valence-electron chi connectivity index (χ1n) is 3.86. The van der Waals surface area contributed by atoms with E-state index in [0.29, 0.717) is 6.54 Å². The van der Waals surface area contributed by atoms with Crippen molar-refractivity contribution in [2.75, 3.05) is 0 Å². The van der Waals surface area contributed by atoms with Crippen molar-refractivity contribution in [2.45, 2.75) is 6.54 Å². The average molecular weight is 160 g/mol. The van der Waals surface area contributed by atoms with Crippen molar-refractivity contribution in [2.24, 2.45) is 7.05 Å². The maximum absolute atomic E-state index is 7.20. The van der Waals surface area contributed by atoms with Crippen LogP contribution in [0.1, 0.15) is 5.56 Å². The van der Waals surface area contributed by atoms with Gasteiger partial charge in [-0.25, -0.2) is 0 Å². The van der Waals surface area contributed by atoms with E-state index < -0.39 is 0 Å². The topological polar surface area (TPSA) is 41.6 Å². The molecule has 0 atom stereocenters. The van der Waals surface area contributed by atoms with Crippen molar-refractivity contribution >= 4 is 10.9 Å². The Hall–Kier alpha value is -1.35. The number of hydrogen-bond donors (Lipinski definition) is 0. The molecular formula is C9H10N3-. The Morgan fingerprint density at radius 2 is 2.33 bits per heavy atom. The molecule has 0 fully saturated rings. The van der Waals surface area contributed by atoms with Gasteiger partial charge in [0.15, 0.2) is 0 Å². The van der Waals surface area contributed by atoms with E-state index in [0.717, 1.165) is 16.5 Å². The summed E-state index contributed by atoms with van der Waals surface area (Å²) in [5.74, 6) is 0. The first-order chi connectivity index (χ1) is 5.81. The minimum absolute atomic E-state index is 0.338. The highest BCUT2D eigenvalue weighted by Crippen LogP contribution is 2.14. The predicted molar refractivity (Wildman–Crippen MR) is 48.7 cm³/mol. The molecule has 0 saturated heterocycles. The van der Waals surface area contributed by atoms with Crippen molar-refractivity contribution < 1.29 is 0 Å². The van der Waals surface area contributed by atoms with Gasteiger partial charge in [-0.05, 0) is 12.1 Å². The lowest BCUT2D eigenvalue weighted by Crippen LogP contribution is -1.88. The van der Waals surface area contributed by atoms with Crippen LogP contribution in [0.5, 0.6) is 0 Å². The first-order valence-corrected chi connectivity index (χ1v) is 3.86. The molecule has 0 saturated carbocycles. The van der Waals surface area contributed by atoms with Gasteiger partial charge in [0.05, 0.1) is 11.7 Å². The standard InChI is InChI=1S/C9H10N3/c1-12-9-3-2-7(5-10)4-8(9)6-11-12/h2-4,6,10H,5H2,1H3/q-1. The molecule has 1 aromatic heterocycles. The van der Waals surface area contributed by atoms with Crippen LogP contribution < -0.4 is 0 Å². The molecule has 0 amide bonds. The van der Waals surface area contributed by atoms with E-state index in [1.54, 1.807) is 0 Å². The van der Waals surface area contributed by atoms with Gasteiger partial charge in [-0.3, -0.25) is 4.68 Å². The molecular weight excluding hydrogens is 150 g/mol. The highest BCUT2D eigenvalue weighted by atomic mass is 15.2. The van der Waals surface area contributed by atoms with Crippen molar-refractivity contribution in [3.63, 3.8) is 0 Å². The molecule has 3 heteroatoms. The fourth-order valence-corrected chi connectivity index (χ4v) is 1.32. The molecule has 0 aliphatic heterocycles. The Morgan fingerprint density at radius 1 is 1.50 bits per heavy atom. The summed E-state index contributed by atoms with van der Waals surface area (Å²) in [7, 11) is 1.92. The number of fused-ring (bicyclic) bond motifs is 1. The van der Waals surface area contributed by atoms with Crippen LogP contribution in [0.2, 0.25) is 0 Å². The first kappa shape index (κ1) is 7.31. The number of benzene rings is 1. The molecule has 0 aliphatic rings. The van der Waals surface area contributed by atoms with Gasteiger partial charge >= 0.3 is 0 Å². The summed E-state index contributed by atoms with van der Waals surface area (Å²) in [6, 6.07) is 5.98. The Morgan fingerprint density at radius 3 is 3.08 bits per heavy atom. The van der Waals surface area contributed by atoms with Crippen LogP contribution in [0.25, 0.3) is 16.6 Å². The number of nitrogens with zero attached hydrogens (tertiary/aromatic N) is 2. The SMILES string of the molecule is Cn1ncc2cc(C[NH-])ccc21. The highest BCUT2D eigenvalue weighted by molar-refractivity contribution is 5.79. The molecule has 3 nitrogen and oxygen atoms in total. The van der Waals surface area contributed by atoms with Crippen LogP contribution in [-0.4, -0.2) is 9.78 Å². The lowest BCUT2D eigenvalue weighted by atomic mass is 10.2. The Kier molecular flexibility index (Phi) is 1.59. The van der Waals surface area contributed by atoms with Crippen LogP contribution in [-0.2, 0) is 13.6 Å². The number of aromatic nitrogens is 2. The van der Waals surface area contributed by atoms with E-state index in [1.807, 2.05) is 36.1 Å². The van der Waals surface area contributed by atoms with Crippen LogP contribution in [0.15, 0.2) is 24.4 Å². The lowest BCUT2D eigenvalue weighted by Gasteiger charge is -2.01. The number of rotatable bonds is 1. The van der Waals surface area contributed by atoms with Crippen LogP contribution in [0.3, 0.4) is 0 Å². The number of nitrogens with one attached hydrogen (secondary N) is 1. The van der Waals surface area contributed by atoms with E-state index in [1.165, 1.54) is 0 Å². The maximum atomic E-state index is 7.20. The van der Waals surface area contributed by atoms with Crippen LogP contribution in [0, 0.1) is 0 Å². The van der Waals surface area contributed by atoms with E-state index in [-0.39, 0.29) is 0 Å². The molecule has 0 radical (unpaired) electrons. The monoisotopic (exact) mass is 160 g/mol. The van der Waals surface area contributed by atoms with Gasteiger partial charge < -0.3 is 5.73 Å². The van der Waals surface area contributed by atoms with E-state index in [9.17, 15) is 0 Å². The molecule has 2 rings (SSSR count). The maximum Gasteiger partial charge on any atom is 0.0679 e. The van der Waals surface area contributed by atoms with Gasteiger partial charge in [-0.2, -0.15) is 5.10 Å². The molecule has 1 heterocycles. The second-order valence-corrected chi connectivity index (χ2v) is 2.84. The predicted octanol–water partition coefficient (Wildman–Crippen LogP) is 2.13. The summed E-state index contributed by atoms with van der Waals surface area (Å²) in [5, 5.41) is 5.24. The molecule has 1 aromatic carbocycles. The van der Waals surface area contributed by atoms with Gasteiger partial charge in [-0.15, -0.1) is 6.54 Å². The normalized spacial score (nSPS) is 10.8.